The molecule has 2 atom stereocenters. The highest BCUT2D eigenvalue weighted by Gasteiger charge is 2.43. The number of alkyl halides is 3. The monoisotopic (exact) mass is 326 g/mol. The minimum Gasteiger partial charge on any atom is -0.352 e. The Labute approximate surface area is 133 Å². The summed E-state index contributed by atoms with van der Waals surface area (Å²) in [5.41, 5.74) is 3.48. The molecule has 2 aliphatic rings. The van der Waals surface area contributed by atoms with E-state index in [2.05, 4.69) is 16.7 Å². The van der Waals surface area contributed by atoms with E-state index < -0.39 is 18.0 Å². The van der Waals surface area contributed by atoms with Crippen LogP contribution in [0.2, 0.25) is 0 Å². The number of hydrogen-bond donors (Lipinski definition) is 2. The van der Waals surface area contributed by atoms with E-state index in [-0.39, 0.29) is 18.7 Å². The normalized spacial score (nSPS) is 24.3. The summed E-state index contributed by atoms with van der Waals surface area (Å²) in [6, 6.07) is 6.05. The Morgan fingerprint density at radius 3 is 2.78 bits per heavy atom. The van der Waals surface area contributed by atoms with Gasteiger partial charge in [-0.3, -0.25) is 4.79 Å². The molecule has 0 aromatic heterocycles. The maximum atomic E-state index is 12.8. The van der Waals surface area contributed by atoms with E-state index in [0.29, 0.717) is 19.4 Å². The minimum absolute atomic E-state index is 0.0799. The van der Waals surface area contributed by atoms with Crippen molar-refractivity contribution in [2.45, 2.75) is 51.5 Å². The second-order valence-electron chi connectivity index (χ2n) is 6.53. The molecule has 6 heteroatoms. The molecule has 0 bridgehead atoms. The molecule has 3 nitrogen and oxygen atoms in total. The minimum atomic E-state index is -4.19. The first-order valence-electron chi connectivity index (χ1n) is 8.09. The largest absolute Gasteiger partial charge is 0.391 e. The zero-order valence-corrected chi connectivity index (χ0v) is 12.9. The Morgan fingerprint density at radius 1 is 1.22 bits per heavy atom. The zero-order valence-electron chi connectivity index (χ0n) is 12.9. The molecule has 1 heterocycles. The Hall–Kier alpha value is -1.56. The molecule has 0 radical (unpaired) electrons. The summed E-state index contributed by atoms with van der Waals surface area (Å²) < 4.78 is 38.5. The van der Waals surface area contributed by atoms with Crippen LogP contribution in [0.3, 0.4) is 0 Å². The molecule has 3 rings (SSSR count). The fraction of sp³-hybridized carbons (Fsp3) is 0.588. The van der Waals surface area contributed by atoms with Crippen LogP contribution in [-0.4, -0.2) is 12.1 Å². The van der Waals surface area contributed by atoms with Crippen LogP contribution in [0.15, 0.2) is 18.2 Å². The Bertz CT molecular complexity index is 586. The predicted molar refractivity (Wildman–Crippen MR) is 80.3 cm³/mol. The van der Waals surface area contributed by atoms with E-state index in [1.807, 2.05) is 12.1 Å². The average molecular weight is 326 g/mol. The zero-order chi connectivity index (χ0) is 16.4. The van der Waals surface area contributed by atoms with Crippen molar-refractivity contribution in [1.29, 1.82) is 0 Å². The van der Waals surface area contributed by atoms with Crippen molar-refractivity contribution in [3.8, 4) is 0 Å². The van der Waals surface area contributed by atoms with E-state index >= 15 is 0 Å². The quantitative estimate of drug-likeness (QED) is 0.895. The van der Waals surface area contributed by atoms with Crippen LogP contribution in [0.4, 0.5) is 13.2 Å². The summed E-state index contributed by atoms with van der Waals surface area (Å²) in [5, 5.41) is 6.06. The topological polar surface area (TPSA) is 41.1 Å². The van der Waals surface area contributed by atoms with E-state index in [1.54, 1.807) is 0 Å². The van der Waals surface area contributed by atoms with Crippen LogP contribution in [0.5, 0.6) is 0 Å². The van der Waals surface area contributed by atoms with Crippen LogP contribution < -0.4 is 10.6 Å². The lowest BCUT2D eigenvalue weighted by Crippen LogP contribution is -2.37. The van der Waals surface area contributed by atoms with Gasteiger partial charge in [-0.2, -0.15) is 13.2 Å². The van der Waals surface area contributed by atoms with Crippen LogP contribution in [-0.2, 0) is 24.4 Å². The Morgan fingerprint density at radius 2 is 2.00 bits per heavy atom. The smallest absolute Gasteiger partial charge is 0.352 e. The van der Waals surface area contributed by atoms with Crippen LogP contribution in [0.25, 0.3) is 0 Å². The highest BCUT2D eigenvalue weighted by atomic mass is 19.4. The van der Waals surface area contributed by atoms with Gasteiger partial charge in [0.05, 0.1) is 5.92 Å². The predicted octanol–water partition coefficient (Wildman–Crippen LogP) is 3.27. The van der Waals surface area contributed by atoms with Gasteiger partial charge in [0.25, 0.3) is 0 Å². The average Bonchev–Trinajstić information content (AvgIpc) is 2.99. The number of benzene rings is 1. The van der Waals surface area contributed by atoms with Gasteiger partial charge < -0.3 is 10.6 Å². The maximum absolute atomic E-state index is 12.8. The molecular formula is C17H21F3N2O. The van der Waals surface area contributed by atoms with E-state index in [1.165, 1.54) is 11.1 Å². The molecule has 23 heavy (non-hydrogen) atoms. The third-order valence-corrected chi connectivity index (χ3v) is 4.88. The standard InChI is InChI=1S/C17H21F3N2O/c18-17(19,20)15-3-1-2-12(7-15)16(23)22-8-11-4-5-13-9-21-10-14(13)6-11/h4-6,12,15,21H,1-3,7-10H2,(H,22,23). The summed E-state index contributed by atoms with van der Waals surface area (Å²) >= 11 is 0. The van der Waals surface area contributed by atoms with Gasteiger partial charge in [-0.05, 0) is 36.0 Å². The molecule has 126 valence electrons. The van der Waals surface area contributed by atoms with Crippen molar-refractivity contribution >= 4 is 5.91 Å². The molecule has 2 unspecified atom stereocenters. The van der Waals surface area contributed by atoms with Crippen molar-refractivity contribution in [2.75, 3.05) is 0 Å². The number of carbonyl (C=O) groups excluding carboxylic acids is 1. The highest BCUT2D eigenvalue weighted by Crippen LogP contribution is 2.39. The Balaban J connectivity index is 1.55. The van der Waals surface area contributed by atoms with Crippen molar-refractivity contribution in [3.63, 3.8) is 0 Å². The first-order valence-corrected chi connectivity index (χ1v) is 8.09. The second-order valence-corrected chi connectivity index (χ2v) is 6.53. The maximum Gasteiger partial charge on any atom is 0.391 e. The van der Waals surface area contributed by atoms with Crippen LogP contribution >= 0.6 is 0 Å². The number of halogens is 3. The van der Waals surface area contributed by atoms with Gasteiger partial charge in [-0.15, -0.1) is 0 Å². The van der Waals surface area contributed by atoms with E-state index in [0.717, 1.165) is 18.7 Å². The number of carbonyl (C=O) groups is 1. The molecule has 2 N–H and O–H groups in total. The Kier molecular flexibility index (Phi) is 4.62. The third-order valence-electron chi connectivity index (χ3n) is 4.88. The van der Waals surface area contributed by atoms with E-state index in [9.17, 15) is 18.0 Å². The van der Waals surface area contributed by atoms with Gasteiger partial charge in [0.1, 0.15) is 0 Å². The van der Waals surface area contributed by atoms with Gasteiger partial charge in [-0.25, -0.2) is 0 Å². The van der Waals surface area contributed by atoms with Crippen molar-refractivity contribution < 1.29 is 18.0 Å². The molecule has 1 amide bonds. The summed E-state index contributed by atoms with van der Waals surface area (Å²) in [7, 11) is 0. The van der Waals surface area contributed by atoms with Gasteiger partial charge in [0, 0.05) is 25.6 Å². The summed E-state index contributed by atoms with van der Waals surface area (Å²) in [6.07, 6.45) is -3.11. The van der Waals surface area contributed by atoms with Gasteiger partial charge in [0.15, 0.2) is 0 Å². The van der Waals surface area contributed by atoms with Gasteiger partial charge in [-0.1, -0.05) is 24.6 Å². The number of rotatable bonds is 3. The molecule has 1 fully saturated rings. The lowest BCUT2D eigenvalue weighted by atomic mass is 9.80. The lowest BCUT2D eigenvalue weighted by Gasteiger charge is -2.29. The molecule has 1 aliphatic heterocycles. The number of amides is 1. The first-order chi connectivity index (χ1) is 10.9. The molecule has 1 saturated carbocycles. The molecule has 0 saturated heterocycles. The molecule has 1 aromatic carbocycles. The van der Waals surface area contributed by atoms with Gasteiger partial charge in [0.2, 0.25) is 5.91 Å². The highest BCUT2D eigenvalue weighted by molar-refractivity contribution is 5.78. The van der Waals surface area contributed by atoms with Crippen molar-refractivity contribution in [1.82, 2.24) is 10.6 Å². The molecule has 0 spiro atoms. The number of nitrogens with one attached hydrogen (secondary N) is 2. The van der Waals surface area contributed by atoms with Crippen molar-refractivity contribution in [2.24, 2.45) is 11.8 Å². The molecular weight excluding hydrogens is 305 g/mol. The van der Waals surface area contributed by atoms with Crippen LogP contribution in [0.1, 0.15) is 42.4 Å². The lowest BCUT2D eigenvalue weighted by molar-refractivity contribution is -0.186. The number of fused-ring (bicyclic) bond motifs is 1. The molecule has 1 aromatic rings. The summed E-state index contributed by atoms with van der Waals surface area (Å²) in [5.74, 6) is -2.11. The summed E-state index contributed by atoms with van der Waals surface area (Å²) in [6.45, 7) is 2.06. The molecule has 1 aliphatic carbocycles. The van der Waals surface area contributed by atoms with E-state index in [4.69, 9.17) is 0 Å². The first kappa shape index (κ1) is 16.3. The van der Waals surface area contributed by atoms with Crippen molar-refractivity contribution in [3.05, 3.63) is 34.9 Å². The fourth-order valence-electron chi connectivity index (χ4n) is 3.52. The third kappa shape index (κ3) is 3.86. The fourth-order valence-corrected chi connectivity index (χ4v) is 3.52. The second kappa shape index (κ2) is 6.51. The SMILES string of the molecule is O=C(NCc1ccc2c(c1)CNC2)C1CCCC(C(F)(F)F)C1. The number of hydrogen-bond acceptors (Lipinski definition) is 2. The van der Waals surface area contributed by atoms with Crippen LogP contribution in [0, 0.1) is 11.8 Å². The van der Waals surface area contributed by atoms with Gasteiger partial charge >= 0.3 is 6.18 Å². The summed E-state index contributed by atoms with van der Waals surface area (Å²) in [4.78, 5) is 12.2.